The molecule has 0 bridgehead atoms. The predicted molar refractivity (Wildman–Crippen MR) is 81.1 cm³/mol. The standard InChI is InChI=1S/C16H28N2O3/c1-18(12-14(19)17-13-7-3-4-8-13)16(11-15(20)21)9-5-2-6-10-16/h13H,2-12H2,1H3,(H,17,19)(H,20,21). The summed E-state index contributed by atoms with van der Waals surface area (Å²) in [6.45, 7) is 0.309. The highest BCUT2D eigenvalue weighted by molar-refractivity contribution is 5.78. The van der Waals surface area contributed by atoms with Gasteiger partial charge >= 0.3 is 5.97 Å². The fourth-order valence-corrected chi connectivity index (χ4v) is 3.91. The lowest BCUT2D eigenvalue weighted by Crippen LogP contribution is -2.53. The van der Waals surface area contributed by atoms with Crippen LogP contribution in [0.4, 0.5) is 0 Å². The first kappa shape index (κ1) is 16.3. The lowest BCUT2D eigenvalue weighted by Gasteiger charge is -2.43. The zero-order valence-electron chi connectivity index (χ0n) is 13.1. The maximum atomic E-state index is 12.2. The van der Waals surface area contributed by atoms with Crippen molar-refractivity contribution in [1.29, 1.82) is 0 Å². The molecule has 2 fully saturated rings. The summed E-state index contributed by atoms with van der Waals surface area (Å²) in [5.41, 5.74) is -0.336. The van der Waals surface area contributed by atoms with Crippen LogP contribution in [0.15, 0.2) is 0 Å². The van der Waals surface area contributed by atoms with Crippen LogP contribution < -0.4 is 5.32 Å². The zero-order valence-corrected chi connectivity index (χ0v) is 13.1. The van der Waals surface area contributed by atoms with Gasteiger partial charge in [-0.05, 0) is 32.7 Å². The van der Waals surface area contributed by atoms with Crippen molar-refractivity contribution in [3.8, 4) is 0 Å². The fourth-order valence-electron chi connectivity index (χ4n) is 3.91. The number of carbonyl (C=O) groups excluding carboxylic acids is 1. The number of hydrogen-bond acceptors (Lipinski definition) is 3. The Hall–Kier alpha value is -1.10. The number of amides is 1. The highest BCUT2D eigenvalue weighted by atomic mass is 16.4. The maximum Gasteiger partial charge on any atom is 0.305 e. The van der Waals surface area contributed by atoms with Crippen molar-refractivity contribution in [3.05, 3.63) is 0 Å². The van der Waals surface area contributed by atoms with E-state index in [9.17, 15) is 14.7 Å². The van der Waals surface area contributed by atoms with Crippen LogP contribution in [0.2, 0.25) is 0 Å². The van der Waals surface area contributed by atoms with Crippen LogP contribution in [-0.2, 0) is 9.59 Å². The minimum Gasteiger partial charge on any atom is -0.481 e. The van der Waals surface area contributed by atoms with E-state index < -0.39 is 5.97 Å². The Morgan fingerprint density at radius 1 is 1.14 bits per heavy atom. The average Bonchev–Trinajstić information content (AvgIpc) is 2.91. The monoisotopic (exact) mass is 296 g/mol. The van der Waals surface area contributed by atoms with E-state index in [0.29, 0.717) is 12.6 Å². The molecule has 2 saturated carbocycles. The van der Waals surface area contributed by atoms with E-state index in [1.165, 1.54) is 19.3 Å². The van der Waals surface area contributed by atoms with Crippen molar-refractivity contribution in [3.63, 3.8) is 0 Å². The summed E-state index contributed by atoms with van der Waals surface area (Å²) < 4.78 is 0. The number of nitrogens with zero attached hydrogens (tertiary/aromatic N) is 1. The molecule has 120 valence electrons. The summed E-state index contributed by atoms with van der Waals surface area (Å²) >= 11 is 0. The molecule has 2 aliphatic rings. The second kappa shape index (κ2) is 7.25. The van der Waals surface area contributed by atoms with Crippen molar-refractivity contribution in [1.82, 2.24) is 10.2 Å². The number of aliphatic carboxylic acids is 1. The number of carboxylic acid groups (broad SMARTS) is 1. The van der Waals surface area contributed by atoms with E-state index in [4.69, 9.17) is 0 Å². The minimum atomic E-state index is -0.764. The lowest BCUT2D eigenvalue weighted by atomic mass is 9.78. The molecule has 0 radical (unpaired) electrons. The van der Waals surface area contributed by atoms with Crippen LogP contribution in [-0.4, -0.2) is 47.1 Å². The largest absolute Gasteiger partial charge is 0.481 e. The molecule has 5 heteroatoms. The summed E-state index contributed by atoms with van der Waals surface area (Å²) in [6, 6.07) is 0.327. The summed E-state index contributed by atoms with van der Waals surface area (Å²) in [4.78, 5) is 25.4. The SMILES string of the molecule is CN(CC(=O)NC1CCCC1)C1(CC(=O)O)CCCCC1. The van der Waals surface area contributed by atoms with Gasteiger partial charge in [-0.1, -0.05) is 32.1 Å². The van der Waals surface area contributed by atoms with Crippen LogP contribution >= 0.6 is 0 Å². The Labute approximate surface area is 127 Å². The Morgan fingerprint density at radius 3 is 2.33 bits per heavy atom. The average molecular weight is 296 g/mol. The third-order valence-electron chi connectivity index (χ3n) is 5.18. The molecule has 0 atom stereocenters. The highest BCUT2D eigenvalue weighted by Gasteiger charge is 2.38. The van der Waals surface area contributed by atoms with Crippen molar-refractivity contribution in [2.75, 3.05) is 13.6 Å². The van der Waals surface area contributed by atoms with Gasteiger partial charge < -0.3 is 10.4 Å². The van der Waals surface area contributed by atoms with E-state index in [-0.39, 0.29) is 17.9 Å². The second-order valence-corrected chi connectivity index (χ2v) is 6.76. The van der Waals surface area contributed by atoms with E-state index in [0.717, 1.165) is 38.5 Å². The van der Waals surface area contributed by atoms with Crippen LogP contribution in [0.5, 0.6) is 0 Å². The highest BCUT2D eigenvalue weighted by Crippen LogP contribution is 2.35. The van der Waals surface area contributed by atoms with Gasteiger partial charge in [0, 0.05) is 11.6 Å². The molecule has 0 aromatic rings. The van der Waals surface area contributed by atoms with Crippen LogP contribution in [0.3, 0.4) is 0 Å². The second-order valence-electron chi connectivity index (χ2n) is 6.76. The van der Waals surface area contributed by atoms with Crippen molar-refractivity contribution >= 4 is 11.9 Å². The molecule has 0 heterocycles. The third-order valence-corrected chi connectivity index (χ3v) is 5.18. The molecule has 0 spiro atoms. The number of carbonyl (C=O) groups is 2. The van der Waals surface area contributed by atoms with Gasteiger partial charge in [0.15, 0.2) is 0 Å². The summed E-state index contributed by atoms with van der Waals surface area (Å²) in [7, 11) is 1.91. The Morgan fingerprint density at radius 2 is 1.76 bits per heavy atom. The van der Waals surface area contributed by atoms with Gasteiger partial charge in [-0.3, -0.25) is 14.5 Å². The lowest BCUT2D eigenvalue weighted by molar-refractivity contribution is -0.142. The smallest absolute Gasteiger partial charge is 0.305 e. The minimum absolute atomic E-state index is 0.0414. The Balaban J connectivity index is 1.92. The quantitative estimate of drug-likeness (QED) is 0.788. The number of hydrogen-bond donors (Lipinski definition) is 2. The van der Waals surface area contributed by atoms with Crippen molar-refractivity contribution < 1.29 is 14.7 Å². The van der Waals surface area contributed by atoms with Crippen LogP contribution in [0, 0.1) is 0 Å². The van der Waals surface area contributed by atoms with Gasteiger partial charge in [0.05, 0.1) is 13.0 Å². The van der Waals surface area contributed by atoms with Gasteiger partial charge in [-0.2, -0.15) is 0 Å². The molecular formula is C16H28N2O3. The first-order valence-corrected chi connectivity index (χ1v) is 8.24. The summed E-state index contributed by atoms with van der Waals surface area (Å²) in [6.07, 6.45) is 9.74. The third kappa shape index (κ3) is 4.43. The topological polar surface area (TPSA) is 69.6 Å². The molecule has 0 unspecified atom stereocenters. The molecule has 0 saturated heterocycles. The molecule has 0 aliphatic heterocycles. The van der Waals surface area contributed by atoms with Gasteiger partial charge in [-0.25, -0.2) is 0 Å². The molecule has 5 nitrogen and oxygen atoms in total. The van der Waals surface area contributed by atoms with Crippen molar-refractivity contribution in [2.24, 2.45) is 0 Å². The normalized spacial score (nSPS) is 22.4. The molecular weight excluding hydrogens is 268 g/mol. The van der Waals surface area contributed by atoms with Crippen LogP contribution in [0.25, 0.3) is 0 Å². The molecule has 1 amide bonds. The first-order valence-electron chi connectivity index (χ1n) is 8.24. The van der Waals surface area contributed by atoms with Crippen LogP contribution in [0.1, 0.15) is 64.2 Å². The number of nitrogens with one attached hydrogen (secondary N) is 1. The fraction of sp³-hybridized carbons (Fsp3) is 0.875. The molecule has 2 N–H and O–H groups in total. The number of rotatable bonds is 6. The van der Waals surface area contributed by atoms with E-state index >= 15 is 0 Å². The molecule has 21 heavy (non-hydrogen) atoms. The summed E-state index contributed by atoms with van der Waals surface area (Å²) in [5.74, 6) is -0.723. The molecule has 2 aliphatic carbocycles. The zero-order chi connectivity index (χ0) is 15.3. The summed E-state index contributed by atoms with van der Waals surface area (Å²) in [5, 5.41) is 12.3. The maximum absolute atomic E-state index is 12.2. The van der Waals surface area contributed by atoms with Gasteiger partial charge in [-0.15, -0.1) is 0 Å². The molecule has 2 rings (SSSR count). The Bertz CT molecular complexity index is 372. The van der Waals surface area contributed by atoms with E-state index in [1.54, 1.807) is 0 Å². The van der Waals surface area contributed by atoms with E-state index in [2.05, 4.69) is 5.32 Å². The molecule has 0 aromatic carbocycles. The Kier molecular flexibility index (Phi) is 5.62. The molecule has 0 aromatic heterocycles. The van der Waals surface area contributed by atoms with Gasteiger partial charge in [0.1, 0.15) is 0 Å². The number of carboxylic acids is 1. The van der Waals surface area contributed by atoms with E-state index in [1.807, 2.05) is 11.9 Å². The van der Waals surface area contributed by atoms with Gasteiger partial charge in [0.2, 0.25) is 5.91 Å². The first-order chi connectivity index (χ1) is 10.0. The van der Waals surface area contributed by atoms with Gasteiger partial charge in [0.25, 0.3) is 0 Å². The predicted octanol–water partition coefficient (Wildman–Crippen LogP) is 2.15. The number of likely N-dealkylation sites (N-methyl/N-ethyl adjacent to an activating group) is 1. The van der Waals surface area contributed by atoms with Crippen molar-refractivity contribution in [2.45, 2.75) is 75.8 Å².